The van der Waals surface area contributed by atoms with Crippen LogP contribution in [0.2, 0.25) is 0 Å². The first kappa shape index (κ1) is 14.9. The van der Waals surface area contributed by atoms with Crippen LogP contribution in [0.15, 0.2) is 6.07 Å². The first-order chi connectivity index (χ1) is 9.28. The van der Waals surface area contributed by atoms with Gasteiger partial charge in [-0.05, 0) is 57.9 Å². The lowest BCUT2D eigenvalue weighted by molar-refractivity contribution is -0.0877. The molecular formula is C16H24O2S2. The van der Waals surface area contributed by atoms with Gasteiger partial charge >= 0.3 is 0 Å². The number of hydrogen-bond acceptors (Lipinski definition) is 4. The van der Waals surface area contributed by atoms with Crippen molar-refractivity contribution in [3.8, 4) is 0 Å². The first-order valence-electron chi connectivity index (χ1n) is 7.36. The molecule has 2 aliphatic heterocycles. The summed E-state index contributed by atoms with van der Waals surface area (Å²) in [5, 5.41) is 10.9. The van der Waals surface area contributed by atoms with Crippen molar-refractivity contribution >= 4 is 23.1 Å². The Kier molecular flexibility index (Phi) is 3.73. The second-order valence-electron chi connectivity index (χ2n) is 7.12. The quantitative estimate of drug-likeness (QED) is 0.889. The molecule has 2 atom stereocenters. The molecule has 1 saturated heterocycles. The van der Waals surface area contributed by atoms with Crippen LogP contribution >= 0.6 is 23.1 Å². The van der Waals surface area contributed by atoms with E-state index in [0.29, 0.717) is 0 Å². The molecule has 0 radical (unpaired) electrons. The molecule has 20 heavy (non-hydrogen) atoms. The summed E-state index contributed by atoms with van der Waals surface area (Å²) < 4.78 is 6.13. The summed E-state index contributed by atoms with van der Waals surface area (Å²) >= 11 is 3.81. The minimum absolute atomic E-state index is 0.137. The second-order valence-corrected chi connectivity index (χ2v) is 9.39. The minimum Gasteiger partial charge on any atom is -0.387 e. The van der Waals surface area contributed by atoms with Crippen LogP contribution in [0.3, 0.4) is 0 Å². The van der Waals surface area contributed by atoms with Gasteiger partial charge in [-0.15, -0.1) is 11.3 Å². The fraction of sp³-hybridized carbons (Fsp3) is 0.750. The molecule has 3 heterocycles. The fourth-order valence-corrected chi connectivity index (χ4v) is 6.04. The molecule has 3 rings (SSSR count). The highest BCUT2D eigenvalue weighted by atomic mass is 32.2. The summed E-state index contributed by atoms with van der Waals surface area (Å²) in [6.45, 7) is 8.47. The summed E-state index contributed by atoms with van der Waals surface area (Å²) in [6.07, 6.45) is 1.68. The van der Waals surface area contributed by atoms with E-state index in [-0.39, 0.29) is 17.1 Å². The monoisotopic (exact) mass is 312 g/mol. The second kappa shape index (κ2) is 5.01. The number of ether oxygens (including phenoxy) is 1. The van der Waals surface area contributed by atoms with Crippen LogP contribution in [-0.2, 0) is 16.9 Å². The van der Waals surface area contributed by atoms with Gasteiger partial charge in [0.2, 0.25) is 0 Å². The van der Waals surface area contributed by atoms with E-state index in [1.54, 1.807) is 0 Å². The van der Waals surface area contributed by atoms with Gasteiger partial charge in [-0.25, -0.2) is 0 Å². The molecule has 1 N–H and O–H groups in total. The number of thiophene rings is 1. The van der Waals surface area contributed by atoms with Gasteiger partial charge < -0.3 is 9.84 Å². The highest BCUT2D eigenvalue weighted by molar-refractivity contribution is 7.98. The summed E-state index contributed by atoms with van der Waals surface area (Å²) in [4.78, 5) is 2.62. The van der Waals surface area contributed by atoms with Crippen molar-refractivity contribution in [1.29, 1.82) is 0 Å². The number of aryl methyl sites for hydroxylation is 1. The summed E-state index contributed by atoms with van der Waals surface area (Å²) in [6, 6.07) is 2.23. The lowest BCUT2D eigenvalue weighted by Crippen LogP contribution is -2.32. The Hall–Kier alpha value is -0.0300. The van der Waals surface area contributed by atoms with E-state index < -0.39 is 6.10 Å². The lowest BCUT2D eigenvalue weighted by Gasteiger charge is -2.29. The molecule has 112 valence electrons. The van der Waals surface area contributed by atoms with E-state index in [1.807, 2.05) is 23.1 Å². The van der Waals surface area contributed by atoms with Crippen LogP contribution in [0.1, 0.15) is 55.5 Å². The minimum atomic E-state index is -0.396. The van der Waals surface area contributed by atoms with E-state index >= 15 is 0 Å². The van der Waals surface area contributed by atoms with Crippen molar-refractivity contribution in [2.24, 2.45) is 5.92 Å². The van der Waals surface area contributed by atoms with Gasteiger partial charge in [-0.1, -0.05) is 0 Å². The average molecular weight is 312 g/mol. The normalized spacial score (nSPS) is 29.1. The van der Waals surface area contributed by atoms with Crippen LogP contribution in [0.4, 0.5) is 0 Å². The van der Waals surface area contributed by atoms with Gasteiger partial charge in [-0.2, -0.15) is 11.8 Å². The van der Waals surface area contributed by atoms with Crippen molar-refractivity contribution in [2.45, 2.75) is 63.6 Å². The molecule has 0 aromatic carbocycles. The van der Waals surface area contributed by atoms with Gasteiger partial charge in [0.1, 0.15) is 0 Å². The predicted molar refractivity (Wildman–Crippen MR) is 86.5 cm³/mol. The molecule has 0 spiro atoms. The molecule has 1 aromatic rings. The number of fused-ring (bicyclic) bond motifs is 1. The van der Waals surface area contributed by atoms with Gasteiger partial charge in [-0.3, -0.25) is 0 Å². The Bertz CT molecular complexity index is 481. The van der Waals surface area contributed by atoms with Gasteiger partial charge in [0.25, 0.3) is 0 Å². The largest absolute Gasteiger partial charge is 0.387 e. The lowest BCUT2D eigenvalue weighted by atomic mass is 9.82. The van der Waals surface area contributed by atoms with Crippen LogP contribution in [-0.4, -0.2) is 22.1 Å². The SMILES string of the molecule is CC1(C)CC(C(O)c2cc3c(s2)CCSC3)C(C)(C)O1. The van der Waals surface area contributed by atoms with Crippen LogP contribution in [0.5, 0.6) is 0 Å². The van der Waals surface area contributed by atoms with Crippen molar-refractivity contribution in [3.63, 3.8) is 0 Å². The van der Waals surface area contributed by atoms with Crippen molar-refractivity contribution in [1.82, 2.24) is 0 Å². The molecule has 2 nitrogen and oxygen atoms in total. The Labute approximate surface area is 129 Å². The topological polar surface area (TPSA) is 29.5 Å². The molecular weight excluding hydrogens is 288 g/mol. The maximum atomic E-state index is 10.9. The maximum absolute atomic E-state index is 10.9. The maximum Gasteiger partial charge on any atom is 0.0938 e. The molecule has 0 aliphatic carbocycles. The molecule has 0 amide bonds. The van der Waals surface area contributed by atoms with Crippen LogP contribution in [0, 0.1) is 5.92 Å². The standard InChI is InChI=1S/C16H24O2S2/c1-15(2)8-11(16(3,4)18-15)14(17)13-7-10-9-19-6-5-12(10)20-13/h7,11,14,17H,5-6,8-9H2,1-4H3. The Balaban J connectivity index is 1.85. The summed E-state index contributed by atoms with van der Waals surface area (Å²) in [5.41, 5.74) is 1.04. The molecule has 0 saturated carbocycles. The van der Waals surface area contributed by atoms with E-state index in [9.17, 15) is 5.11 Å². The summed E-state index contributed by atoms with van der Waals surface area (Å²) in [5.74, 6) is 2.49. The molecule has 4 heteroatoms. The van der Waals surface area contributed by atoms with Gasteiger partial charge in [0.05, 0.1) is 17.3 Å². The van der Waals surface area contributed by atoms with E-state index in [0.717, 1.165) is 23.5 Å². The highest BCUT2D eigenvalue weighted by Gasteiger charge is 2.49. The van der Waals surface area contributed by atoms with E-state index in [1.165, 1.54) is 16.2 Å². The number of rotatable bonds is 2. The van der Waals surface area contributed by atoms with Crippen LogP contribution in [0.25, 0.3) is 0 Å². The highest BCUT2D eigenvalue weighted by Crippen LogP contribution is 2.49. The smallest absolute Gasteiger partial charge is 0.0938 e. The van der Waals surface area contributed by atoms with Crippen molar-refractivity contribution in [3.05, 3.63) is 21.4 Å². The van der Waals surface area contributed by atoms with E-state index in [4.69, 9.17) is 4.74 Å². The zero-order chi connectivity index (χ0) is 14.5. The number of thioether (sulfide) groups is 1. The zero-order valence-corrected chi connectivity index (χ0v) is 14.4. The Morgan fingerprint density at radius 2 is 2.10 bits per heavy atom. The predicted octanol–water partition coefficient (Wildman–Crippen LogP) is 4.16. The van der Waals surface area contributed by atoms with E-state index in [2.05, 4.69) is 33.8 Å². The third-order valence-corrected chi connectivity index (χ3v) is 6.78. The number of aliphatic hydroxyl groups excluding tert-OH is 1. The third-order valence-electron chi connectivity index (χ3n) is 4.46. The molecule has 2 unspecified atom stereocenters. The Morgan fingerprint density at radius 3 is 2.70 bits per heavy atom. The molecule has 1 fully saturated rings. The zero-order valence-electron chi connectivity index (χ0n) is 12.7. The molecule has 1 aromatic heterocycles. The molecule has 2 aliphatic rings. The fourth-order valence-electron chi connectivity index (χ4n) is 3.61. The van der Waals surface area contributed by atoms with Crippen LogP contribution < -0.4 is 0 Å². The average Bonchev–Trinajstić information content (AvgIpc) is 2.85. The summed E-state index contributed by atoms with van der Waals surface area (Å²) in [7, 11) is 0. The van der Waals surface area contributed by atoms with Crippen molar-refractivity contribution < 1.29 is 9.84 Å². The Morgan fingerprint density at radius 1 is 1.35 bits per heavy atom. The first-order valence-corrected chi connectivity index (χ1v) is 9.33. The molecule has 0 bridgehead atoms. The third kappa shape index (κ3) is 2.68. The van der Waals surface area contributed by atoms with Gasteiger partial charge in [0, 0.05) is 21.4 Å². The number of aliphatic hydroxyl groups is 1. The number of hydrogen-bond donors (Lipinski definition) is 1. The van der Waals surface area contributed by atoms with Crippen molar-refractivity contribution in [2.75, 3.05) is 5.75 Å². The van der Waals surface area contributed by atoms with Gasteiger partial charge in [0.15, 0.2) is 0 Å².